The Bertz CT molecular complexity index is 520. The van der Waals surface area contributed by atoms with E-state index in [0.29, 0.717) is 0 Å². The van der Waals surface area contributed by atoms with Crippen LogP contribution in [0.1, 0.15) is 18.5 Å². The number of nitrogens with zero attached hydrogens (tertiary/aromatic N) is 1. The van der Waals surface area contributed by atoms with Crippen LogP contribution in [0.2, 0.25) is 0 Å². The summed E-state index contributed by atoms with van der Waals surface area (Å²) in [6.07, 6.45) is 7.34. The number of hydrogen-bond acceptors (Lipinski definition) is 2. The highest BCUT2D eigenvalue weighted by Crippen LogP contribution is 2.22. The van der Waals surface area contributed by atoms with Crippen LogP contribution in [0.4, 0.5) is 0 Å². The molecular weight excluding hydrogens is 196 g/mol. The van der Waals surface area contributed by atoms with E-state index in [9.17, 15) is 0 Å². The van der Waals surface area contributed by atoms with Crippen molar-refractivity contribution in [3.05, 3.63) is 42.1 Å². The van der Waals surface area contributed by atoms with Gasteiger partial charge in [-0.05, 0) is 24.2 Å². The minimum atomic E-state index is -0.0436. The van der Waals surface area contributed by atoms with Crippen LogP contribution >= 0.6 is 0 Å². The average molecular weight is 210 g/mol. The number of hydrogen-bond donors (Lipinski definition) is 1. The van der Waals surface area contributed by atoms with Gasteiger partial charge in [0.25, 0.3) is 0 Å². The molecule has 0 radical (unpaired) electrons. The lowest BCUT2D eigenvalue weighted by molar-refractivity contribution is 0.669. The van der Waals surface area contributed by atoms with Crippen molar-refractivity contribution >= 4 is 10.9 Å². The molecule has 2 heteroatoms. The molecule has 16 heavy (non-hydrogen) atoms. The summed E-state index contributed by atoms with van der Waals surface area (Å²) >= 11 is 0. The van der Waals surface area contributed by atoms with Crippen LogP contribution in [-0.2, 0) is 0 Å². The third-order valence-electron chi connectivity index (χ3n) is 2.57. The van der Waals surface area contributed by atoms with E-state index in [1.54, 1.807) is 6.20 Å². The van der Waals surface area contributed by atoms with Gasteiger partial charge < -0.3 is 5.32 Å². The van der Waals surface area contributed by atoms with Crippen molar-refractivity contribution in [1.82, 2.24) is 10.3 Å². The van der Waals surface area contributed by atoms with Crippen molar-refractivity contribution in [3.63, 3.8) is 0 Å². The Labute approximate surface area is 95.7 Å². The first-order chi connectivity index (χ1) is 7.86. The number of aromatic nitrogens is 1. The van der Waals surface area contributed by atoms with Crippen molar-refractivity contribution in [3.8, 4) is 12.3 Å². The van der Waals surface area contributed by atoms with E-state index in [0.717, 1.165) is 23.0 Å². The second kappa shape index (κ2) is 4.78. The van der Waals surface area contributed by atoms with Gasteiger partial charge in [0.15, 0.2) is 0 Å². The standard InChI is InChI=1S/C14H14N2/c1-3-13(15-4-2)11-7-5-9-14-12(11)8-6-10-16-14/h1,5-10,13,15H,4H2,2H3. The summed E-state index contributed by atoms with van der Waals surface area (Å²) in [6.45, 7) is 2.90. The monoisotopic (exact) mass is 210 g/mol. The number of rotatable bonds is 3. The number of fused-ring (bicyclic) bond motifs is 1. The lowest BCUT2D eigenvalue weighted by atomic mass is 10.0. The third-order valence-corrected chi connectivity index (χ3v) is 2.57. The lowest BCUT2D eigenvalue weighted by Crippen LogP contribution is -2.19. The molecule has 1 unspecified atom stereocenters. The summed E-state index contributed by atoms with van der Waals surface area (Å²) in [4.78, 5) is 4.32. The van der Waals surface area contributed by atoms with Crippen molar-refractivity contribution in [2.24, 2.45) is 0 Å². The Morgan fingerprint density at radius 3 is 3.00 bits per heavy atom. The molecule has 0 saturated heterocycles. The van der Waals surface area contributed by atoms with E-state index in [4.69, 9.17) is 6.42 Å². The highest BCUT2D eigenvalue weighted by molar-refractivity contribution is 5.82. The van der Waals surface area contributed by atoms with Crippen LogP contribution in [0.15, 0.2) is 36.5 Å². The van der Waals surface area contributed by atoms with E-state index in [2.05, 4.69) is 28.4 Å². The molecule has 80 valence electrons. The minimum absolute atomic E-state index is 0.0436. The molecule has 1 heterocycles. The topological polar surface area (TPSA) is 24.9 Å². The molecule has 1 aromatic heterocycles. The van der Waals surface area contributed by atoms with Gasteiger partial charge in [-0.2, -0.15) is 0 Å². The normalized spacial score (nSPS) is 12.2. The molecule has 0 spiro atoms. The van der Waals surface area contributed by atoms with Gasteiger partial charge in [-0.3, -0.25) is 4.98 Å². The van der Waals surface area contributed by atoms with Crippen molar-refractivity contribution in [1.29, 1.82) is 0 Å². The SMILES string of the molecule is C#CC(NCC)c1cccc2ncccc12. The molecule has 2 aromatic rings. The van der Waals surface area contributed by atoms with E-state index < -0.39 is 0 Å². The number of pyridine rings is 1. The first kappa shape index (κ1) is 10.7. The molecule has 0 saturated carbocycles. The maximum absolute atomic E-state index is 5.55. The molecule has 0 fully saturated rings. The number of benzene rings is 1. The molecule has 0 bridgehead atoms. The number of nitrogens with one attached hydrogen (secondary N) is 1. The van der Waals surface area contributed by atoms with Crippen LogP contribution in [0.3, 0.4) is 0 Å². The Morgan fingerprint density at radius 2 is 2.25 bits per heavy atom. The zero-order chi connectivity index (χ0) is 11.4. The quantitative estimate of drug-likeness (QED) is 0.787. The van der Waals surface area contributed by atoms with E-state index in [-0.39, 0.29) is 6.04 Å². The van der Waals surface area contributed by atoms with Crippen LogP contribution in [0, 0.1) is 12.3 Å². The predicted molar refractivity (Wildman–Crippen MR) is 67.0 cm³/mol. The first-order valence-electron chi connectivity index (χ1n) is 5.40. The fraction of sp³-hybridized carbons (Fsp3) is 0.214. The van der Waals surface area contributed by atoms with Gasteiger partial charge in [0.1, 0.15) is 0 Å². The summed E-state index contributed by atoms with van der Waals surface area (Å²) in [5, 5.41) is 4.40. The van der Waals surface area contributed by atoms with Gasteiger partial charge in [-0.15, -0.1) is 6.42 Å². The van der Waals surface area contributed by atoms with Crippen molar-refractivity contribution in [2.45, 2.75) is 13.0 Å². The highest BCUT2D eigenvalue weighted by atomic mass is 14.9. The molecule has 0 aliphatic carbocycles. The second-order valence-corrected chi connectivity index (χ2v) is 3.57. The minimum Gasteiger partial charge on any atom is -0.300 e. The zero-order valence-electron chi connectivity index (χ0n) is 9.27. The summed E-state index contributed by atoms with van der Waals surface area (Å²) in [5.41, 5.74) is 2.10. The van der Waals surface area contributed by atoms with E-state index in [1.165, 1.54) is 0 Å². The fourth-order valence-electron chi connectivity index (χ4n) is 1.84. The summed E-state index contributed by atoms with van der Waals surface area (Å²) in [7, 11) is 0. The highest BCUT2D eigenvalue weighted by Gasteiger charge is 2.09. The van der Waals surface area contributed by atoms with Gasteiger partial charge in [-0.25, -0.2) is 0 Å². The van der Waals surface area contributed by atoms with Gasteiger partial charge in [0.2, 0.25) is 0 Å². The Morgan fingerprint density at radius 1 is 1.38 bits per heavy atom. The van der Waals surface area contributed by atoms with Crippen molar-refractivity contribution in [2.75, 3.05) is 6.54 Å². The van der Waals surface area contributed by atoms with Gasteiger partial charge in [0.05, 0.1) is 11.6 Å². The fourth-order valence-corrected chi connectivity index (χ4v) is 1.84. The van der Waals surface area contributed by atoms with Gasteiger partial charge in [0, 0.05) is 11.6 Å². The lowest BCUT2D eigenvalue weighted by Gasteiger charge is -2.13. The van der Waals surface area contributed by atoms with E-state index >= 15 is 0 Å². The Hall–Kier alpha value is -1.85. The smallest absolute Gasteiger partial charge is 0.0949 e. The van der Waals surface area contributed by atoms with Crippen LogP contribution in [0.25, 0.3) is 10.9 Å². The molecule has 1 N–H and O–H groups in total. The third kappa shape index (κ3) is 1.91. The van der Waals surface area contributed by atoms with Crippen molar-refractivity contribution < 1.29 is 0 Å². The maximum Gasteiger partial charge on any atom is 0.0949 e. The molecule has 0 aliphatic heterocycles. The molecular formula is C14H14N2. The largest absolute Gasteiger partial charge is 0.300 e. The Kier molecular flexibility index (Phi) is 3.19. The molecule has 2 nitrogen and oxygen atoms in total. The van der Waals surface area contributed by atoms with Gasteiger partial charge in [-0.1, -0.05) is 31.0 Å². The summed E-state index contributed by atoms with van der Waals surface area (Å²) < 4.78 is 0. The molecule has 1 atom stereocenters. The second-order valence-electron chi connectivity index (χ2n) is 3.57. The molecule has 2 rings (SSSR count). The molecule has 0 aliphatic rings. The number of terminal acetylenes is 1. The molecule has 0 amide bonds. The average Bonchev–Trinajstić information content (AvgIpc) is 2.35. The Balaban J connectivity index is 2.55. The first-order valence-corrected chi connectivity index (χ1v) is 5.40. The predicted octanol–water partition coefficient (Wildman–Crippen LogP) is 2.52. The van der Waals surface area contributed by atoms with Gasteiger partial charge >= 0.3 is 0 Å². The van der Waals surface area contributed by atoms with Crippen LogP contribution in [0.5, 0.6) is 0 Å². The maximum atomic E-state index is 5.55. The van der Waals surface area contributed by atoms with Crippen LogP contribution < -0.4 is 5.32 Å². The zero-order valence-corrected chi connectivity index (χ0v) is 9.27. The van der Waals surface area contributed by atoms with E-state index in [1.807, 2.05) is 25.1 Å². The summed E-state index contributed by atoms with van der Waals surface area (Å²) in [6, 6.07) is 9.99. The summed E-state index contributed by atoms with van der Waals surface area (Å²) in [5.74, 6) is 2.77. The molecule has 1 aromatic carbocycles. The van der Waals surface area contributed by atoms with Crippen LogP contribution in [-0.4, -0.2) is 11.5 Å².